The lowest BCUT2D eigenvalue weighted by Gasteiger charge is -2.22. The number of nitrogens with zero attached hydrogens (tertiary/aromatic N) is 2. The molecule has 2 amide bonds. The molecule has 0 aliphatic carbocycles. The van der Waals surface area contributed by atoms with E-state index in [1.165, 1.54) is 23.1 Å². The number of carbonyl (C=O) groups is 3. The van der Waals surface area contributed by atoms with Gasteiger partial charge in [-0.25, -0.2) is 4.98 Å². The second-order valence-corrected chi connectivity index (χ2v) is 9.10. The van der Waals surface area contributed by atoms with Gasteiger partial charge in [0.2, 0.25) is 11.8 Å². The quantitative estimate of drug-likeness (QED) is 0.727. The smallest absolute Gasteiger partial charge is 0.249 e. The Kier molecular flexibility index (Phi) is 6.51. The van der Waals surface area contributed by atoms with Gasteiger partial charge in [-0.1, -0.05) is 12.1 Å². The Bertz CT molecular complexity index is 910. The van der Waals surface area contributed by atoms with Crippen LogP contribution in [0.3, 0.4) is 0 Å². The fourth-order valence-electron chi connectivity index (χ4n) is 2.93. The molecule has 0 saturated carbocycles. The topological polar surface area (TPSA) is 79.4 Å². The van der Waals surface area contributed by atoms with Crippen molar-refractivity contribution in [3.63, 3.8) is 0 Å². The molecule has 148 valence electrons. The van der Waals surface area contributed by atoms with Gasteiger partial charge in [0.1, 0.15) is 6.04 Å². The molecule has 28 heavy (non-hydrogen) atoms. The number of aromatic nitrogens is 1. The van der Waals surface area contributed by atoms with Gasteiger partial charge in [-0.15, -0.1) is 23.1 Å². The molecule has 6 nitrogen and oxygen atoms in total. The number of carbonyl (C=O) groups excluding carboxylic acids is 3. The fourth-order valence-corrected chi connectivity index (χ4v) is 4.78. The maximum Gasteiger partial charge on any atom is 0.249 e. The van der Waals surface area contributed by atoms with Crippen LogP contribution in [0, 0.1) is 20.8 Å². The molecule has 1 aliphatic heterocycles. The van der Waals surface area contributed by atoms with E-state index in [1.807, 2.05) is 32.9 Å². The summed E-state index contributed by atoms with van der Waals surface area (Å²) in [7, 11) is 0. The maximum absolute atomic E-state index is 12.6. The molecule has 8 heteroatoms. The Hall–Kier alpha value is -2.19. The molecule has 1 aromatic heterocycles. The number of benzene rings is 1. The largest absolute Gasteiger partial charge is 0.321 e. The molecule has 1 aliphatic rings. The van der Waals surface area contributed by atoms with Gasteiger partial charge in [0, 0.05) is 35.2 Å². The highest BCUT2D eigenvalue weighted by Crippen LogP contribution is 2.25. The minimum Gasteiger partial charge on any atom is -0.321 e. The molecular weight excluding hydrogens is 394 g/mol. The zero-order valence-corrected chi connectivity index (χ0v) is 17.8. The molecule has 0 radical (unpaired) electrons. The summed E-state index contributed by atoms with van der Waals surface area (Å²) in [4.78, 5) is 44.3. The van der Waals surface area contributed by atoms with Crippen LogP contribution in [-0.4, -0.2) is 45.2 Å². The third-order valence-corrected chi connectivity index (χ3v) is 6.59. The highest BCUT2D eigenvalue weighted by atomic mass is 32.2. The van der Waals surface area contributed by atoms with Crippen LogP contribution in [0.15, 0.2) is 24.4 Å². The van der Waals surface area contributed by atoms with E-state index in [1.54, 1.807) is 17.2 Å². The van der Waals surface area contributed by atoms with Gasteiger partial charge >= 0.3 is 0 Å². The zero-order valence-electron chi connectivity index (χ0n) is 16.2. The third-order valence-electron chi connectivity index (χ3n) is 4.75. The van der Waals surface area contributed by atoms with E-state index in [-0.39, 0.29) is 30.4 Å². The van der Waals surface area contributed by atoms with Crippen LogP contribution in [0.5, 0.6) is 0 Å². The number of amides is 2. The molecule has 1 aromatic carbocycles. The van der Waals surface area contributed by atoms with Crippen molar-refractivity contribution in [2.75, 3.05) is 16.9 Å². The maximum atomic E-state index is 12.6. The number of Topliss-reactive ketones (excluding diaryl/α,β-unsaturated/α-hetero) is 1. The van der Waals surface area contributed by atoms with Crippen molar-refractivity contribution >= 4 is 45.8 Å². The second-order valence-electron chi connectivity index (χ2n) is 6.87. The molecule has 2 heterocycles. The summed E-state index contributed by atoms with van der Waals surface area (Å²) in [5.74, 6) is 0.562. The average Bonchev–Trinajstić information content (AvgIpc) is 3.30. The number of rotatable bonds is 6. The predicted octanol–water partition coefficient (Wildman–Crippen LogP) is 3.57. The number of hydrogen-bond donors (Lipinski definition) is 1. The molecular formula is C20H23N3O3S2. The summed E-state index contributed by atoms with van der Waals surface area (Å²) in [6.45, 7) is 5.88. The summed E-state index contributed by atoms with van der Waals surface area (Å²) in [6.07, 6.45) is 1.94. The van der Waals surface area contributed by atoms with Gasteiger partial charge < -0.3 is 10.2 Å². The Morgan fingerprint density at radius 2 is 1.96 bits per heavy atom. The van der Waals surface area contributed by atoms with Crippen molar-refractivity contribution in [2.24, 2.45) is 0 Å². The van der Waals surface area contributed by atoms with Crippen LogP contribution in [0.2, 0.25) is 0 Å². The number of ketones is 1. The third kappa shape index (κ3) is 4.80. The summed E-state index contributed by atoms with van der Waals surface area (Å²) in [5, 5.41) is 3.32. The molecule has 3 rings (SSSR count). The van der Waals surface area contributed by atoms with E-state index in [0.717, 1.165) is 16.0 Å². The molecule has 0 bridgehead atoms. The van der Waals surface area contributed by atoms with E-state index >= 15 is 0 Å². The van der Waals surface area contributed by atoms with Crippen molar-refractivity contribution in [2.45, 2.75) is 39.7 Å². The van der Waals surface area contributed by atoms with E-state index in [4.69, 9.17) is 0 Å². The molecule has 1 fully saturated rings. The Morgan fingerprint density at radius 3 is 2.64 bits per heavy atom. The van der Waals surface area contributed by atoms with Crippen molar-refractivity contribution in [3.05, 3.63) is 46.0 Å². The molecule has 0 spiro atoms. The van der Waals surface area contributed by atoms with Gasteiger partial charge in [0.25, 0.3) is 0 Å². The minimum atomic E-state index is -0.529. The molecule has 2 aromatic rings. The van der Waals surface area contributed by atoms with Crippen LogP contribution in [0.25, 0.3) is 0 Å². The Balaban J connectivity index is 1.57. The normalized spacial score (nSPS) is 16.2. The summed E-state index contributed by atoms with van der Waals surface area (Å²) >= 11 is 2.94. The number of nitrogens with one attached hydrogen (secondary N) is 1. The first kappa shape index (κ1) is 20.5. The lowest BCUT2D eigenvalue weighted by atomic mass is 10.0. The highest BCUT2D eigenvalue weighted by molar-refractivity contribution is 7.99. The summed E-state index contributed by atoms with van der Waals surface area (Å²) in [6, 6.07) is 5.05. The number of thiazole rings is 1. The molecule has 1 unspecified atom stereocenters. The standard InChI is InChI=1S/C20H23N3O3S2/c1-12-4-5-15(8-13(12)2)17(24)6-7-18(25)23-11-27-10-16(23)19(26)22-20-21-9-14(3)28-20/h4-5,8-9,16H,6-7,10-11H2,1-3H3,(H,21,22,26). The molecule has 1 atom stereocenters. The highest BCUT2D eigenvalue weighted by Gasteiger charge is 2.34. The molecule has 1 saturated heterocycles. The van der Waals surface area contributed by atoms with Crippen molar-refractivity contribution < 1.29 is 14.4 Å². The number of aryl methyl sites for hydroxylation is 3. The SMILES string of the molecule is Cc1cnc(NC(=O)C2CSCN2C(=O)CCC(=O)c2ccc(C)c(C)c2)s1. The average molecular weight is 418 g/mol. The van der Waals surface area contributed by atoms with Gasteiger partial charge in [-0.05, 0) is 38.0 Å². The minimum absolute atomic E-state index is 0.0532. The van der Waals surface area contributed by atoms with E-state index in [2.05, 4.69) is 10.3 Å². The zero-order chi connectivity index (χ0) is 20.3. The van der Waals surface area contributed by atoms with Crippen molar-refractivity contribution in [1.29, 1.82) is 0 Å². The van der Waals surface area contributed by atoms with Gasteiger partial charge in [0.15, 0.2) is 10.9 Å². The first-order valence-corrected chi connectivity index (χ1v) is 11.0. The van der Waals surface area contributed by atoms with E-state index < -0.39 is 6.04 Å². The van der Waals surface area contributed by atoms with Crippen LogP contribution >= 0.6 is 23.1 Å². The van der Waals surface area contributed by atoms with Gasteiger partial charge in [-0.3, -0.25) is 14.4 Å². The van der Waals surface area contributed by atoms with Crippen LogP contribution in [0.4, 0.5) is 5.13 Å². The van der Waals surface area contributed by atoms with Gasteiger partial charge in [-0.2, -0.15) is 0 Å². The Morgan fingerprint density at radius 1 is 1.18 bits per heavy atom. The van der Waals surface area contributed by atoms with E-state index in [0.29, 0.717) is 22.3 Å². The number of anilines is 1. The lowest BCUT2D eigenvalue weighted by molar-refractivity contribution is -0.136. The van der Waals surface area contributed by atoms with E-state index in [9.17, 15) is 14.4 Å². The summed E-state index contributed by atoms with van der Waals surface area (Å²) in [5.41, 5.74) is 2.81. The predicted molar refractivity (Wildman–Crippen MR) is 113 cm³/mol. The molecule has 1 N–H and O–H groups in total. The first-order chi connectivity index (χ1) is 13.3. The lowest BCUT2D eigenvalue weighted by Crippen LogP contribution is -2.44. The first-order valence-electron chi connectivity index (χ1n) is 9.06. The summed E-state index contributed by atoms with van der Waals surface area (Å²) < 4.78 is 0. The number of hydrogen-bond acceptors (Lipinski definition) is 6. The van der Waals surface area contributed by atoms with Gasteiger partial charge in [0.05, 0.1) is 5.88 Å². The van der Waals surface area contributed by atoms with Crippen molar-refractivity contribution in [3.8, 4) is 0 Å². The van der Waals surface area contributed by atoms with Crippen molar-refractivity contribution in [1.82, 2.24) is 9.88 Å². The van der Waals surface area contributed by atoms with Crippen LogP contribution in [-0.2, 0) is 9.59 Å². The van der Waals surface area contributed by atoms with Crippen LogP contribution in [0.1, 0.15) is 39.2 Å². The monoisotopic (exact) mass is 417 g/mol. The van der Waals surface area contributed by atoms with Crippen LogP contribution < -0.4 is 5.32 Å². The fraction of sp³-hybridized carbons (Fsp3) is 0.400. The second kappa shape index (κ2) is 8.87. The number of thioether (sulfide) groups is 1. The Labute approximate surface area is 172 Å².